The smallest absolute Gasteiger partial charge is 0.345 e. The van der Waals surface area contributed by atoms with Gasteiger partial charge in [-0.05, 0) is 176 Å². The fourth-order valence-electron chi connectivity index (χ4n) is 8.90. The van der Waals surface area contributed by atoms with Gasteiger partial charge < -0.3 is 36.1 Å². The maximum Gasteiger partial charge on any atom is 0.345 e. The number of aromatic carboxylic acids is 2. The number of esters is 2. The molecule has 14 aromatic rings. The second-order valence-corrected chi connectivity index (χ2v) is 38.6. The molecule has 3 aromatic carbocycles. The summed E-state index contributed by atoms with van der Waals surface area (Å²) < 4.78 is 19.7. The van der Waals surface area contributed by atoms with Crippen molar-refractivity contribution in [3.63, 3.8) is 0 Å². The second-order valence-electron chi connectivity index (χ2n) is 24.6. The van der Waals surface area contributed by atoms with Crippen LogP contribution in [0.2, 0.25) is 15.1 Å². The molecule has 22 radical (unpaired) electrons. The fourth-order valence-corrected chi connectivity index (χ4v) is 20.1. The average molecular weight is 1910 g/mol. The molecule has 14 nitrogen and oxygen atoms in total. The molecule has 2 amide bonds. The predicted molar refractivity (Wildman–Crippen MR) is 532 cm³/mol. The van der Waals surface area contributed by atoms with Gasteiger partial charge in [-0.2, -0.15) is 0 Å². The molecule has 0 aliphatic carbocycles. The lowest BCUT2D eigenvalue weighted by Gasteiger charge is -2.20. The number of carboxylic acids is 2. The van der Waals surface area contributed by atoms with Crippen molar-refractivity contribution in [3.05, 3.63) is 210 Å². The molecule has 0 atom stereocenters. The van der Waals surface area contributed by atoms with Crippen molar-refractivity contribution in [2.45, 2.75) is 52.7 Å². The van der Waals surface area contributed by atoms with Crippen LogP contribution in [0.4, 0.5) is 15.0 Å². The number of fused-ring (bicyclic) bond motifs is 4. The number of thiophene rings is 11. The summed E-state index contributed by atoms with van der Waals surface area (Å²) in [7, 11) is 43.6. The SMILES string of the molecule is CC(C)(C)OC(=O)c1c(-c2ccc(Cl)cc2)csc1N.CC(C)(C)OC(=O)c1c(-c2ccc(Cl)cc2)csc1NC(=O)c1cc2sccc2s1.ClCCl.ClCCl.O=C(Cl)c1cc2sccc2s1.O=C(Nc1scc(-c2ccc(Cl)cc2)c1C(=O)O)c1cc2sccc2s1.O=C(O)c1cc2sccc2s1.[B].[B]B([B])B([B])[B].[B][B].[B][B]B([B])[B]. The number of halogens is 8. The van der Waals surface area contributed by atoms with E-state index in [4.69, 9.17) is 167 Å². The van der Waals surface area contributed by atoms with E-state index in [0.717, 1.165) is 59.9 Å². The summed E-state index contributed by atoms with van der Waals surface area (Å²) in [6, 6.07) is 36.6. The molecule has 0 saturated carbocycles. The molecule has 0 aliphatic heterocycles. The molecule has 47 heteroatoms. The monoisotopic (exact) mass is 1910 g/mol. The highest BCUT2D eigenvalue weighted by Gasteiger charge is 2.29. The van der Waals surface area contributed by atoms with Crippen LogP contribution >= 0.6 is 218 Å². The highest BCUT2D eigenvalue weighted by Crippen LogP contribution is 2.42. The Kier molecular flexibility index (Phi) is 46.3. The summed E-state index contributed by atoms with van der Waals surface area (Å²) in [6.45, 7) is 10.9. The quantitative estimate of drug-likeness (QED) is 0.0296. The van der Waals surface area contributed by atoms with Gasteiger partial charge in [-0.1, -0.05) is 71.2 Å². The molecule has 0 fully saturated rings. The maximum atomic E-state index is 13.0. The number of amides is 2. The number of anilines is 3. The van der Waals surface area contributed by atoms with Gasteiger partial charge in [-0.3, -0.25) is 14.4 Å². The number of nitrogens with two attached hydrogens (primary N) is 1. The van der Waals surface area contributed by atoms with Crippen molar-refractivity contribution in [1.29, 1.82) is 0 Å². The lowest BCUT2D eigenvalue weighted by Crippen LogP contribution is -2.38. The lowest BCUT2D eigenvalue weighted by molar-refractivity contribution is 0.00594. The number of nitrogens with one attached hydrogen (secondary N) is 2. The largest absolute Gasteiger partial charge is 0.478 e. The third-order valence-electron chi connectivity index (χ3n) is 13.8. The van der Waals surface area contributed by atoms with E-state index in [1.54, 1.807) is 105 Å². The molecule has 0 bridgehead atoms. The van der Waals surface area contributed by atoms with Crippen molar-refractivity contribution in [2.75, 3.05) is 27.0 Å². The van der Waals surface area contributed by atoms with Gasteiger partial charge in [0.1, 0.15) is 47.8 Å². The number of alkyl halides is 4. The number of hydrogen-bond acceptors (Lipinski definition) is 21. The number of carboxylic acid groups (broad SMARTS) is 2. The summed E-state index contributed by atoms with van der Waals surface area (Å²) in [5.41, 5.74) is 10.1. The van der Waals surface area contributed by atoms with Gasteiger partial charge in [0.15, 0.2) is 0 Å². The molecule has 0 saturated heterocycles. The highest BCUT2D eigenvalue weighted by atomic mass is 35.5. The maximum absolute atomic E-state index is 13.0. The van der Waals surface area contributed by atoms with Gasteiger partial charge >= 0.3 is 23.9 Å². The minimum Gasteiger partial charge on any atom is -0.478 e. The normalized spacial score (nSPS) is 10.3. The topological polar surface area (TPSA) is 228 Å². The van der Waals surface area contributed by atoms with E-state index in [1.807, 2.05) is 141 Å². The summed E-state index contributed by atoms with van der Waals surface area (Å²) in [6.07, 6.45) is -1.65. The molecule has 0 unspecified atom stereocenters. The van der Waals surface area contributed by atoms with Crippen LogP contribution in [0.25, 0.3) is 71.0 Å². The molecule has 0 spiro atoms. The zero-order valence-corrected chi connectivity index (χ0v) is 77.8. The standard InChI is InChI=1S/C22H18ClNO3S3.C18H10ClNO3S3.C15H16ClNO2S.C7H3ClOS2.C7H4O2S2.2CH2Cl2.B6.B5.B2.B/c1-22(2,3)27-21(26)18-14(12-4-6-13(23)7-5-12)11-29-20(18)24-19(25)17-10-16-15(30-17)8-9-28-16;19-10-3-1-9(2-4-10)11-8-25-17(15(11)18(22)23)20-16(21)14-7-13-12(26-14)5-6-24-13;1-15(2,3)19-14(18)12-11(8-20-13(12)17)9-4-6-10(16)7-5-9;2*8-7(9)6-3-5-4(11-6)1-2-10-5;2*2-1-3;1-5(2)6(3)4;1-4-5(2)3;1-2;/h4-11H,1-3H3,(H,24,25);1-8H,(H,20,21)(H,22,23);4-8H,17H2,1-3H3;1-3H;1-3H,(H,8,9);2*1H2;;;;. The first-order valence-corrected chi connectivity index (χ1v) is 46.1. The molecule has 6 N–H and O–H groups in total. The fraction of sp³-hybridized carbons (Fsp3) is 0.141. The first-order chi connectivity index (χ1) is 55.3. The van der Waals surface area contributed by atoms with Gasteiger partial charge in [0.05, 0.1) is 25.3 Å². The number of carbonyl (C=O) groups excluding carboxylic acids is 5. The number of hydrogen-bond donors (Lipinski definition) is 5. The van der Waals surface area contributed by atoms with Gasteiger partial charge in [-0.15, -0.1) is 171 Å². The van der Waals surface area contributed by atoms with Crippen LogP contribution in [-0.2, 0) is 9.47 Å². The molecule has 11 heterocycles. The molecule has 584 valence electrons. The summed E-state index contributed by atoms with van der Waals surface area (Å²) in [5, 5.41) is 40.4. The first-order valence-electron chi connectivity index (χ1n) is 33.0. The number of carbonyl (C=O) groups is 7. The van der Waals surface area contributed by atoms with Crippen molar-refractivity contribution >= 4 is 415 Å². The van der Waals surface area contributed by atoms with Crippen LogP contribution < -0.4 is 16.4 Å². The third kappa shape index (κ3) is 33.5. The van der Waals surface area contributed by atoms with Crippen molar-refractivity contribution in [1.82, 2.24) is 0 Å². The van der Waals surface area contributed by atoms with Crippen LogP contribution in [0, 0.1) is 0 Å². The van der Waals surface area contributed by atoms with E-state index in [2.05, 4.69) is 26.1 Å². The summed E-state index contributed by atoms with van der Waals surface area (Å²) in [5.74, 6) is -3.34. The Balaban J connectivity index is 0.000000303. The van der Waals surface area contributed by atoms with Crippen LogP contribution in [-0.4, -0.2) is 177 Å². The zero-order chi connectivity index (χ0) is 87.2. The zero-order valence-electron chi connectivity index (χ0n) is 62.7. The first kappa shape index (κ1) is 105. The Hall–Kier alpha value is -5.08. The highest BCUT2D eigenvalue weighted by molar-refractivity contribution is 7.76. The van der Waals surface area contributed by atoms with Gasteiger partial charge in [0.25, 0.3) is 17.1 Å². The molecule has 14 rings (SSSR count). The Morgan fingerprint density at radius 3 is 1.02 bits per heavy atom. The van der Waals surface area contributed by atoms with Crippen LogP contribution in [0.3, 0.4) is 0 Å². The Morgan fingerprint density at radius 1 is 0.441 bits per heavy atom. The van der Waals surface area contributed by atoms with E-state index >= 15 is 0 Å². The van der Waals surface area contributed by atoms with E-state index in [1.165, 1.54) is 86.4 Å². The van der Waals surface area contributed by atoms with E-state index in [0.29, 0.717) is 71.8 Å². The minimum absolute atomic E-state index is 0. The van der Waals surface area contributed by atoms with Crippen molar-refractivity contribution in [3.8, 4) is 33.4 Å². The van der Waals surface area contributed by atoms with Crippen molar-refractivity contribution in [2.24, 2.45) is 0 Å². The summed E-state index contributed by atoms with van der Waals surface area (Å²) in [4.78, 5) is 85.9. The molecule has 0 aliphatic rings. The second kappa shape index (κ2) is 51.9. The number of nitrogen functional groups attached to an aromatic ring is 1. The van der Waals surface area contributed by atoms with Crippen LogP contribution in [0.1, 0.15) is 111 Å². The molecule has 11 aromatic heterocycles. The molecular formula is C71H55B14Cl8N3O11S11. The Labute approximate surface area is 783 Å². The van der Waals surface area contributed by atoms with E-state index in [9.17, 15) is 38.7 Å². The van der Waals surface area contributed by atoms with Crippen molar-refractivity contribution < 1.29 is 53.2 Å². The number of benzene rings is 3. The number of ether oxygens (including phenoxy) is 2. The minimum atomic E-state index is -1.08. The predicted octanol–water partition coefficient (Wildman–Crippen LogP) is 22.0. The average Bonchev–Trinajstić information content (AvgIpc) is 1.65. The third-order valence-corrected chi connectivity index (χ3v) is 25.8. The van der Waals surface area contributed by atoms with Gasteiger partial charge in [0, 0.05) is 190 Å². The van der Waals surface area contributed by atoms with Crippen LogP contribution in [0.5, 0.6) is 0 Å². The Morgan fingerprint density at radius 2 is 0.720 bits per heavy atom. The van der Waals surface area contributed by atoms with Gasteiger partial charge in [-0.25, -0.2) is 19.2 Å². The summed E-state index contributed by atoms with van der Waals surface area (Å²) >= 11 is 57.9. The molecular weight excluding hydrogens is 1860 g/mol. The molecule has 118 heavy (non-hydrogen) atoms. The van der Waals surface area contributed by atoms with Gasteiger partial charge in [0.2, 0.25) is 0 Å². The van der Waals surface area contributed by atoms with E-state index in [-0.39, 0.29) is 41.7 Å². The lowest BCUT2D eigenvalue weighted by atomic mass is 8.81. The van der Waals surface area contributed by atoms with Crippen LogP contribution in [0.15, 0.2) is 159 Å². The number of rotatable bonds is 14. The Bertz CT molecular complexity index is 5320. The van der Waals surface area contributed by atoms with E-state index < -0.39 is 54.2 Å².